The van der Waals surface area contributed by atoms with Crippen molar-refractivity contribution in [3.05, 3.63) is 64.6 Å². The van der Waals surface area contributed by atoms with Crippen LogP contribution in [0, 0.1) is 0 Å². The van der Waals surface area contributed by atoms with Crippen molar-refractivity contribution in [3.8, 4) is 5.75 Å². The van der Waals surface area contributed by atoms with E-state index in [2.05, 4.69) is 0 Å². The lowest BCUT2D eigenvalue weighted by Gasteiger charge is -2.10. The van der Waals surface area contributed by atoms with E-state index in [1.807, 2.05) is 30.3 Å². The van der Waals surface area contributed by atoms with Crippen molar-refractivity contribution in [1.29, 1.82) is 0 Å². The Hall–Kier alpha value is -2.14. The minimum absolute atomic E-state index is 0.00367. The predicted octanol–water partition coefficient (Wildman–Crippen LogP) is 1.95. The van der Waals surface area contributed by atoms with E-state index in [1.54, 1.807) is 22.9 Å². The zero-order valence-corrected chi connectivity index (χ0v) is 11.8. The van der Waals surface area contributed by atoms with E-state index in [0.29, 0.717) is 23.9 Å². The van der Waals surface area contributed by atoms with Crippen LogP contribution in [0.25, 0.3) is 0 Å². The van der Waals surface area contributed by atoms with Crippen molar-refractivity contribution in [2.24, 2.45) is 5.73 Å². The van der Waals surface area contributed by atoms with E-state index >= 15 is 0 Å². The fraction of sp³-hybridized carbons (Fsp3) is 0.200. The molecule has 0 atom stereocenters. The van der Waals surface area contributed by atoms with Gasteiger partial charge in [0.2, 0.25) is 5.56 Å². The van der Waals surface area contributed by atoms with Gasteiger partial charge in [0.1, 0.15) is 10.7 Å². The Morgan fingerprint density at radius 1 is 1.20 bits per heavy atom. The summed E-state index contributed by atoms with van der Waals surface area (Å²) in [6.45, 7) is 1.12. The molecule has 1 aromatic heterocycles. The molecule has 0 aliphatic carbocycles. The van der Waals surface area contributed by atoms with Crippen LogP contribution in [-0.2, 0) is 6.54 Å². The highest BCUT2D eigenvalue weighted by molar-refractivity contribution is 7.80. The number of pyridine rings is 1. The van der Waals surface area contributed by atoms with Crippen LogP contribution in [0.1, 0.15) is 12.0 Å². The van der Waals surface area contributed by atoms with Gasteiger partial charge in [-0.3, -0.25) is 4.79 Å². The lowest BCUT2D eigenvalue weighted by atomic mass is 10.2. The summed E-state index contributed by atoms with van der Waals surface area (Å²) in [7, 11) is 0. The van der Waals surface area contributed by atoms with E-state index < -0.39 is 0 Å². The molecule has 0 saturated heterocycles. The van der Waals surface area contributed by atoms with Crippen LogP contribution < -0.4 is 16.0 Å². The first-order chi connectivity index (χ1) is 9.68. The number of aryl methyl sites for hydroxylation is 1. The number of hydrogen-bond acceptors (Lipinski definition) is 3. The molecule has 2 aromatic rings. The molecule has 1 aromatic carbocycles. The fourth-order valence-corrected chi connectivity index (χ4v) is 2.03. The van der Waals surface area contributed by atoms with Crippen LogP contribution in [0.2, 0.25) is 0 Å². The molecule has 104 valence electrons. The van der Waals surface area contributed by atoms with Crippen LogP contribution in [-0.4, -0.2) is 16.2 Å². The third-order valence-electron chi connectivity index (χ3n) is 2.85. The number of para-hydroxylation sites is 1. The second-order valence-electron chi connectivity index (χ2n) is 4.29. The second-order valence-corrected chi connectivity index (χ2v) is 4.73. The molecule has 0 radical (unpaired) electrons. The fourth-order valence-electron chi connectivity index (χ4n) is 1.86. The summed E-state index contributed by atoms with van der Waals surface area (Å²) in [6.07, 6.45) is 2.50. The molecule has 0 aliphatic heterocycles. The molecule has 0 fully saturated rings. The van der Waals surface area contributed by atoms with Gasteiger partial charge in [-0.2, -0.15) is 0 Å². The van der Waals surface area contributed by atoms with Gasteiger partial charge in [0.15, 0.2) is 0 Å². The first-order valence-corrected chi connectivity index (χ1v) is 6.76. The SMILES string of the molecule is NC(=S)c1ccccc1OCCCn1ccccc1=O. The van der Waals surface area contributed by atoms with E-state index in [4.69, 9.17) is 22.7 Å². The Morgan fingerprint density at radius 2 is 1.95 bits per heavy atom. The lowest BCUT2D eigenvalue weighted by molar-refractivity contribution is 0.300. The van der Waals surface area contributed by atoms with Crippen LogP contribution in [0.4, 0.5) is 0 Å². The second kappa shape index (κ2) is 6.86. The van der Waals surface area contributed by atoms with Crippen molar-refractivity contribution in [2.45, 2.75) is 13.0 Å². The Labute approximate surface area is 122 Å². The zero-order valence-electron chi connectivity index (χ0n) is 11.0. The van der Waals surface area contributed by atoms with Crippen molar-refractivity contribution >= 4 is 17.2 Å². The van der Waals surface area contributed by atoms with Crippen molar-refractivity contribution in [2.75, 3.05) is 6.61 Å². The number of ether oxygens (including phenoxy) is 1. The third kappa shape index (κ3) is 3.68. The molecule has 0 aliphatic rings. The highest BCUT2D eigenvalue weighted by Gasteiger charge is 2.04. The summed E-state index contributed by atoms with van der Waals surface area (Å²) >= 11 is 4.97. The average Bonchev–Trinajstić information content (AvgIpc) is 2.45. The molecular formula is C15H16N2O2S. The zero-order chi connectivity index (χ0) is 14.4. The smallest absolute Gasteiger partial charge is 0.250 e. The van der Waals surface area contributed by atoms with Gasteiger partial charge >= 0.3 is 0 Å². The third-order valence-corrected chi connectivity index (χ3v) is 3.07. The first kappa shape index (κ1) is 14.3. The Kier molecular flexibility index (Phi) is 4.90. The maximum Gasteiger partial charge on any atom is 0.250 e. The van der Waals surface area contributed by atoms with Gasteiger partial charge in [0, 0.05) is 18.8 Å². The molecule has 5 heteroatoms. The molecule has 0 saturated carbocycles. The number of hydrogen-bond donors (Lipinski definition) is 1. The average molecular weight is 288 g/mol. The lowest BCUT2D eigenvalue weighted by Crippen LogP contribution is -2.19. The minimum atomic E-state index is -0.00367. The quantitative estimate of drug-likeness (QED) is 0.652. The summed E-state index contributed by atoms with van der Waals surface area (Å²) < 4.78 is 7.33. The maximum absolute atomic E-state index is 11.5. The maximum atomic E-state index is 11.5. The molecule has 0 bridgehead atoms. The molecule has 1 heterocycles. The Morgan fingerprint density at radius 3 is 2.70 bits per heavy atom. The van der Waals surface area contributed by atoms with Crippen LogP contribution in [0.3, 0.4) is 0 Å². The molecule has 2 rings (SSSR count). The standard InChI is InChI=1S/C15H16N2O2S/c16-15(20)12-6-1-2-7-13(12)19-11-5-10-17-9-4-3-8-14(17)18/h1-4,6-9H,5,10-11H2,(H2,16,20). The molecule has 20 heavy (non-hydrogen) atoms. The van der Waals surface area contributed by atoms with Crippen molar-refractivity contribution < 1.29 is 4.74 Å². The van der Waals surface area contributed by atoms with Gasteiger partial charge in [-0.05, 0) is 24.6 Å². The number of thiocarbonyl (C=S) groups is 1. The van der Waals surface area contributed by atoms with Crippen molar-refractivity contribution in [3.63, 3.8) is 0 Å². The first-order valence-electron chi connectivity index (χ1n) is 6.35. The summed E-state index contributed by atoms with van der Waals surface area (Å²) in [6, 6.07) is 12.5. The monoisotopic (exact) mass is 288 g/mol. The molecule has 0 unspecified atom stereocenters. The number of aromatic nitrogens is 1. The van der Waals surface area contributed by atoms with Crippen molar-refractivity contribution in [1.82, 2.24) is 4.57 Å². The molecule has 0 amide bonds. The molecule has 0 spiro atoms. The van der Waals surface area contributed by atoms with Crippen LogP contribution >= 0.6 is 12.2 Å². The molecule has 4 nitrogen and oxygen atoms in total. The number of nitrogens with two attached hydrogens (primary N) is 1. The van der Waals surface area contributed by atoms with Gasteiger partial charge in [0.25, 0.3) is 0 Å². The van der Waals surface area contributed by atoms with E-state index in [0.717, 1.165) is 12.0 Å². The number of rotatable bonds is 6. The normalized spacial score (nSPS) is 10.2. The summed E-state index contributed by atoms with van der Waals surface area (Å²) in [5.41, 5.74) is 6.37. The van der Waals surface area contributed by atoms with E-state index in [-0.39, 0.29) is 5.56 Å². The van der Waals surface area contributed by atoms with E-state index in [1.165, 1.54) is 0 Å². The Balaban J connectivity index is 1.90. The van der Waals surface area contributed by atoms with E-state index in [9.17, 15) is 4.79 Å². The summed E-state index contributed by atoms with van der Waals surface area (Å²) in [4.78, 5) is 11.8. The van der Waals surface area contributed by atoms with Crippen LogP contribution in [0.5, 0.6) is 5.75 Å². The van der Waals surface area contributed by atoms with Gasteiger partial charge in [-0.1, -0.05) is 30.4 Å². The highest BCUT2D eigenvalue weighted by atomic mass is 32.1. The molecular weight excluding hydrogens is 272 g/mol. The van der Waals surface area contributed by atoms with Gasteiger partial charge in [-0.25, -0.2) is 0 Å². The number of benzene rings is 1. The topological polar surface area (TPSA) is 57.2 Å². The molecule has 2 N–H and O–H groups in total. The summed E-state index contributed by atoms with van der Waals surface area (Å²) in [5.74, 6) is 0.681. The highest BCUT2D eigenvalue weighted by Crippen LogP contribution is 2.17. The predicted molar refractivity (Wildman–Crippen MR) is 83.1 cm³/mol. The Bertz CT molecular complexity index is 652. The minimum Gasteiger partial charge on any atom is -0.493 e. The summed E-state index contributed by atoms with van der Waals surface area (Å²) in [5, 5.41) is 0. The van der Waals surface area contributed by atoms with Gasteiger partial charge < -0.3 is 15.0 Å². The van der Waals surface area contributed by atoms with Gasteiger partial charge in [-0.15, -0.1) is 0 Å². The van der Waals surface area contributed by atoms with Crippen LogP contribution in [0.15, 0.2) is 53.5 Å². The largest absolute Gasteiger partial charge is 0.493 e. The van der Waals surface area contributed by atoms with Gasteiger partial charge in [0.05, 0.1) is 12.2 Å². The number of nitrogens with zero attached hydrogens (tertiary/aromatic N) is 1.